The molecule has 1 aliphatic rings. The van der Waals surface area contributed by atoms with Gasteiger partial charge in [-0.05, 0) is 19.5 Å². The van der Waals surface area contributed by atoms with Crippen molar-refractivity contribution >= 4 is 9.84 Å². The molecule has 1 atom stereocenters. The van der Waals surface area contributed by atoms with E-state index >= 15 is 0 Å². The Morgan fingerprint density at radius 1 is 1.50 bits per heavy atom. The van der Waals surface area contributed by atoms with Gasteiger partial charge in [-0.15, -0.1) is 0 Å². The maximum atomic E-state index is 11.4. The lowest BCUT2D eigenvalue weighted by Gasteiger charge is -2.22. The summed E-state index contributed by atoms with van der Waals surface area (Å²) in [7, 11) is 0.688. The molecule has 1 fully saturated rings. The topological polar surface area (TPSA) is 59.5 Å². The minimum absolute atomic E-state index is 0.100. The molecule has 0 bridgehead atoms. The molecule has 0 aliphatic carbocycles. The molecule has 5 nitrogen and oxygen atoms in total. The first-order valence-electron chi connectivity index (χ1n) is 5.91. The van der Waals surface area contributed by atoms with E-state index in [0.717, 1.165) is 5.69 Å². The van der Waals surface area contributed by atoms with Crippen molar-refractivity contribution in [3.05, 3.63) is 23.9 Å². The summed E-state index contributed by atoms with van der Waals surface area (Å²) in [5.41, 5.74) is 0.890. The summed E-state index contributed by atoms with van der Waals surface area (Å²) in [5.74, 6) is 1.14. The minimum atomic E-state index is -2.83. The van der Waals surface area contributed by atoms with Gasteiger partial charge in [-0.1, -0.05) is 6.07 Å². The molecule has 0 spiro atoms. The summed E-state index contributed by atoms with van der Waals surface area (Å²) in [6.45, 7) is 0.636. The number of aromatic nitrogens is 1. The van der Waals surface area contributed by atoms with Crippen LogP contribution in [0.3, 0.4) is 0 Å². The molecule has 6 heteroatoms. The standard InChI is InChI=1S/C12H18N2O3S/c1-14(11-6-7-18(15,16)9-11)8-10-4-3-5-12(13-10)17-2/h3-5,11H,6-9H2,1-2H3/t11-/m1/s1. The first-order chi connectivity index (χ1) is 8.50. The summed E-state index contributed by atoms with van der Waals surface area (Å²) < 4.78 is 27.9. The molecule has 0 saturated carbocycles. The van der Waals surface area contributed by atoms with E-state index in [0.29, 0.717) is 24.6 Å². The van der Waals surface area contributed by atoms with Crippen molar-refractivity contribution < 1.29 is 13.2 Å². The number of hydrogen-bond donors (Lipinski definition) is 0. The number of pyridine rings is 1. The third-order valence-electron chi connectivity index (χ3n) is 3.23. The second kappa shape index (κ2) is 5.24. The van der Waals surface area contributed by atoms with Crippen LogP contribution in [0.5, 0.6) is 5.88 Å². The van der Waals surface area contributed by atoms with Crippen LogP contribution >= 0.6 is 0 Å². The summed E-state index contributed by atoms with van der Waals surface area (Å²) in [4.78, 5) is 6.37. The number of ether oxygens (including phenoxy) is 1. The van der Waals surface area contributed by atoms with E-state index in [9.17, 15) is 8.42 Å². The highest BCUT2D eigenvalue weighted by Crippen LogP contribution is 2.18. The van der Waals surface area contributed by atoms with Crippen LogP contribution in [0.4, 0.5) is 0 Å². The Morgan fingerprint density at radius 3 is 2.89 bits per heavy atom. The zero-order valence-corrected chi connectivity index (χ0v) is 11.5. The normalized spacial score (nSPS) is 22.3. The lowest BCUT2D eigenvalue weighted by molar-refractivity contribution is 0.250. The van der Waals surface area contributed by atoms with Crippen LogP contribution in [0.15, 0.2) is 18.2 Å². The SMILES string of the molecule is COc1cccc(CN(C)[C@@H]2CCS(=O)(=O)C2)n1. The predicted molar refractivity (Wildman–Crippen MR) is 69.3 cm³/mol. The minimum Gasteiger partial charge on any atom is -0.481 e. The summed E-state index contributed by atoms with van der Waals surface area (Å²) in [6.07, 6.45) is 0.711. The Morgan fingerprint density at radius 2 is 2.28 bits per heavy atom. The van der Waals surface area contributed by atoms with Crippen molar-refractivity contribution in [3.8, 4) is 5.88 Å². The van der Waals surface area contributed by atoms with Gasteiger partial charge in [-0.3, -0.25) is 4.90 Å². The quantitative estimate of drug-likeness (QED) is 0.806. The van der Waals surface area contributed by atoms with Gasteiger partial charge in [0, 0.05) is 18.7 Å². The second-order valence-electron chi connectivity index (χ2n) is 4.64. The van der Waals surface area contributed by atoms with E-state index in [1.165, 1.54) is 0 Å². The highest BCUT2D eigenvalue weighted by atomic mass is 32.2. The van der Waals surface area contributed by atoms with Crippen LogP contribution in [-0.2, 0) is 16.4 Å². The molecular weight excluding hydrogens is 252 g/mol. The zero-order valence-electron chi connectivity index (χ0n) is 10.7. The maximum Gasteiger partial charge on any atom is 0.213 e. The van der Waals surface area contributed by atoms with Crippen LogP contribution in [0.1, 0.15) is 12.1 Å². The van der Waals surface area contributed by atoms with Crippen molar-refractivity contribution in [1.82, 2.24) is 9.88 Å². The van der Waals surface area contributed by atoms with Gasteiger partial charge in [-0.25, -0.2) is 13.4 Å². The molecule has 0 N–H and O–H groups in total. The largest absolute Gasteiger partial charge is 0.481 e. The summed E-state index contributed by atoms with van der Waals surface area (Å²) in [6, 6.07) is 5.70. The number of rotatable bonds is 4. The highest BCUT2D eigenvalue weighted by molar-refractivity contribution is 7.91. The Hall–Kier alpha value is -1.14. The van der Waals surface area contributed by atoms with E-state index in [1.54, 1.807) is 13.2 Å². The third kappa shape index (κ3) is 3.20. The molecule has 1 aliphatic heterocycles. The van der Waals surface area contributed by atoms with Gasteiger partial charge in [0.2, 0.25) is 5.88 Å². The molecular formula is C12H18N2O3S. The molecule has 0 amide bonds. The van der Waals surface area contributed by atoms with Crippen LogP contribution in [-0.4, -0.2) is 50.0 Å². The fourth-order valence-electron chi connectivity index (χ4n) is 2.17. The van der Waals surface area contributed by atoms with Crippen molar-refractivity contribution in [2.24, 2.45) is 0 Å². The molecule has 0 aromatic carbocycles. The van der Waals surface area contributed by atoms with E-state index in [2.05, 4.69) is 4.98 Å². The van der Waals surface area contributed by atoms with Crippen molar-refractivity contribution in [1.29, 1.82) is 0 Å². The van der Waals surface area contributed by atoms with Crippen molar-refractivity contribution in [2.75, 3.05) is 25.7 Å². The Bertz CT molecular complexity index is 516. The molecule has 1 aromatic heterocycles. The van der Waals surface area contributed by atoms with E-state index in [-0.39, 0.29) is 11.8 Å². The third-order valence-corrected chi connectivity index (χ3v) is 4.98. The van der Waals surface area contributed by atoms with Gasteiger partial charge in [-0.2, -0.15) is 0 Å². The number of nitrogens with zero attached hydrogens (tertiary/aromatic N) is 2. The monoisotopic (exact) mass is 270 g/mol. The summed E-state index contributed by atoms with van der Waals surface area (Å²) in [5, 5.41) is 0. The lowest BCUT2D eigenvalue weighted by atomic mass is 10.2. The van der Waals surface area contributed by atoms with E-state index < -0.39 is 9.84 Å². The van der Waals surface area contributed by atoms with Gasteiger partial charge in [0.05, 0.1) is 24.3 Å². The van der Waals surface area contributed by atoms with Crippen LogP contribution in [0.25, 0.3) is 0 Å². The van der Waals surface area contributed by atoms with Crippen LogP contribution < -0.4 is 4.74 Å². The first-order valence-corrected chi connectivity index (χ1v) is 7.73. The van der Waals surface area contributed by atoms with Crippen LogP contribution in [0, 0.1) is 0 Å². The lowest BCUT2D eigenvalue weighted by Crippen LogP contribution is -2.32. The Balaban J connectivity index is 2.01. The number of hydrogen-bond acceptors (Lipinski definition) is 5. The molecule has 18 heavy (non-hydrogen) atoms. The Kier molecular flexibility index (Phi) is 3.87. The van der Waals surface area contributed by atoms with Gasteiger partial charge in [0.15, 0.2) is 9.84 Å². The Labute approximate surface area is 108 Å². The molecule has 1 aromatic rings. The van der Waals surface area contributed by atoms with E-state index in [4.69, 9.17) is 4.74 Å². The van der Waals surface area contributed by atoms with Gasteiger partial charge in [0.25, 0.3) is 0 Å². The predicted octanol–water partition coefficient (Wildman–Crippen LogP) is 0.709. The molecule has 1 saturated heterocycles. The molecule has 2 rings (SSSR count). The second-order valence-corrected chi connectivity index (χ2v) is 6.87. The highest BCUT2D eigenvalue weighted by Gasteiger charge is 2.30. The van der Waals surface area contributed by atoms with Crippen molar-refractivity contribution in [2.45, 2.75) is 19.0 Å². The smallest absolute Gasteiger partial charge is 0.213 e. The van der Waals surface area contributed by atoms with Gasteiger partial charge in [0.1, 0.15) is 0 Å². The van der Waals surface area contributed by atoms with Crippen LogP contribution in [0.2, 0.25) is 0 Å². The summed E-state index contributed by atoms with van der Waals surface area (Å²) >= 11 is 0. The molecule has 0 unspecified atom stereocenters. The van der Waals surface area contributed by atoms with Crippen molar-refractivity contribution in [3.63, 3.8) is 0 Å². The average molecular weight is 270 g/mol. The zero-order chi connectivity index (χ0) is 13.2. The fourth-order valence-corrected chi connectivity index (χ4v) is 3.97. The maximum absolute atomic E-state index is 11.4. The number of methoxy groups -OCH3 is 1. The average Bonchev–Trinajstić information content (AvgIpc) is 2.70. The first kappa shape index (κ1) is 13.3. The molecule has 100 valence electrons. The molecule has 2 heterocycles. The molecule has 0 radical (unpaired) electrons. The fraction of sp³-hybridized carbons (Fsp3) is 0.583. The number of sulfone groups is 1. The van der Waals surface area contributed by atoms with Gasteiger partial charge >= 0.3 is 0 Å². The van der Waals surface area contributed by atoms with Gasteiger partial charge < -0.3 is 4.74 Å². The van der Waals surface area contributed by atoms with E-state index in [1.807, 2.05) is 24.1 Å².